The third-order valence-corrected chi connectivity index (χ3v) is 4.47. The maximum absolute atomic E-state index is 12.2. The third kappa shape index (κ3) is 6.28. The van der Waals surface area contributed by atoms with Gasteiger partial charge in [-0.05, 0) is 72.7 Å². The van der Waals surface area contributed by atoms with Gasteiger partial charge in [0.2, 0.25) is 5.91 Å². The first-order chi connectivity index (χ1) is 14.9. The highest BCUT2D eigenvalue weighted by atomic mass is 32.1. The lowest BCUT2D eigenvalue weighted by Gasteiger charge is -2.13. The summed E-state index contributed by atoms with van der Waals surface area (Å²) < 4.78 is 10.2. The van der Waals surface area contributed by atoms with E-state index < -0.39 is 0 Å². The largest absolute Gasteiger partial charge is 0.497 e. The van der Waals surface area contributed by atoms with Crippen LogP contribution in [0.2, 0.25) is 0 Å². The van der Waals surface area contributed by atoms with Gasteiger partial charge in [0.25, 0.3) is 5.91 Å². The van der Waals surface area contributed by atoms with E-state index in [2.05, 4.69) is 16.0 Å². The lowest BCUT2D eigenvalue weighted by Crippen LogP contribution is -2.33. The van der Waals surface area contributed by atoms with E-state index in [1.807, 2.05) is 37.3 Å². The Hall–Kier alpha value is -3.91. The number of rotatable bonds is 6. The van der Waals surface area contributed by atoms with E-state index in [4.69, 9.17) is 21.4 Å². The summed E-state index contributed by atoms with van der Waals surface area (Å²) in [5.74, 6) is 0.221. The molecule has 0 atom stereocenters. The molecule has 0 unspecified atom stereocenters. The van der Waals surface area contributed by atoms with Gasteiger partial charge in [-0.3, -0.25) is 14.9 Å². The zero-order valence-corrected chi connectivity index (χ0v) is 17.8. The van der Waals surface area contributed by atoms with Crippen molar-refractivity contribution in [3.63, 3.8) is 0 Å². The van der Waals surface area contributed by atoms with Crippen LogP contribution in [-0.4, -0.2) is 24.0 Å². The van der Waals surface area contributed by atoms with Gasteiger partial charge in [-0.15, -0.1) is 0 Å². The Kier molecular flexibility index (Phi) is 7.18. The van der Waals surface area contributed by atoms with Crippen LogP contribution in [0, 0.1) is 6.92 Å². The summed E-state index contributed by atoms with van der Waals surface area (Å²) >= 11 is 5.24. The highest BCUT2D eigenvalue weighted by Gasteiger charge is 2.10. The van der Waals surface area contributed by atoms with Gasteiger partial charge in [-0.2, -0.15) is 0 Å². The fraction of sp³-hybridized carbons (Fsp3) is 0.0870. The van der Waals surface area contributed by atoms with Crippen LogP contribution in [0.25, 0.3) is 6.08 Å². The fourth-order valence-electron chi connectivity index (χ4n) is 2.63. The van der Waals surface area contributed by atoms with Gasteiger partial charge in [-0.25, -0.2) is 0 Å². The average molecular weight is 436 g/mol. The van der Waals surface area contributed by atoms with Crippen molar-refractivity contribution in [2.24, 2.45) is 0 Å². The standard InChI is InChI=1S/C23H21N3O4S/c1-15-5-9-17(24-22(28)20-4-3-13-30-20)14-19(15)25-23(31)26-21(27)12-8-16-6-10-18(29-2)11-7-16/h3-14H,1-2H3,(H,24,28)(H2,25,26,27,31)/b12-8+. The molecule has 8 heteroatoms. The topological polar surface area (TPSA) is 92.6 Å². The Balaban J connectivity index is 1.58. The van der Waals surface area contributed by atoms with Gasteiger partial charge in [0.1, 0.15) is 5.75 Å². The molecule has 158 valence electrons. The van der Waals surface area contributed by atoms with E-state index in [1.165, 1.54) is 12.3 Å². The van der Waals surface area contributed by atoms with E-state index in [0.717, 1.165) is 16.9 Å². The van der Waals surface area contributed by atoms with Gasteiger partial charge < -0.3 is 19.8 Å². The minimum Gasteiger partial charge on any atom is -0.497 e. The fourth-order valence-corrected chi connectivity index (χ4v) is 2.84. The van der Waals surface area contributed by atoms with E-state index in [9.17, 15) is 9.59 Å². The second-order valence-corrected chi connectivity index (χ2v) is 6.92. The monoisotopic (exact) mass is 435 g/mol. The molecule has 7 nitrogen and oxygen atoms in total. The van der Waals surface area contributed by atoms with E-state index in [0.29, 0.717) is 11.4 Å². The maximum atomic E-state index is 12.2. The third-order valence-electron chi connectivity index (χ3n) is 4.27. The van der Waals surface area contributed by atoms with Crippen LogP contribution in [0.3, 0.4) is 0 Å². The summed E-state index contributed by atoms with van der Waals surface area (Å²) in [5, 5.41) is 8.47. The molecule has 0 aliphatic carbocycles. The predicted octanol–water partition coefficient (Wildman–Crippen LogP) is 4.38. The van der Waals surface area contributed by atoms with E-state index in [-0.39, 0.29) is 22.7 Å². The Morgan fingerprint density at radius 3 is 2.52 bits per heavy atom. The highest BCUT2D eigenvalue weighted by molar-refractivity contribution is 7.80. The second kappa shape index (κ2) is 10.2. The molecular weight excluding hydrogens is 414 g/mol. The second-order valence-electron chi connectivity index (χ2n) is 6.51. The molecule has 3 aromatic rings. The van der Waals surface area contributed by atoms with Crippen molar-refractivity contribution < 1.29 is 18.7 Å². The number of methoxy groups -OCH3 is 1. The minimum atomic E-state index is -0.367. The summed E-state index contributed by atoms with van der Waals surface area (Å²) in [4.78, 5) is 24.3. The molecule has 1 heterocycles. The quantitative estimate of drug-likeness (QED) is 0.393. The van der Waals surface area contributed by atoms with Gasteiger partial charge in [0, 0.05) is 17.5 Å². The lowest BCUT2D eigenvalue weighted by molar-refractivity contribution is -0.115. The van der Waals surface area contributed by atoms with Crippen molar-refractivity contribution in [1.29, 1.82) is 0 Å². The number of carbonyl (C=O) groups excluding carboxylic acids is 2. The number of hydrogen-bond donors (Lipinski definition) is 3. The van der Waals surface area contributed by atoms with Crippen molar-refractivity contribution in [2.45, 2.75) is 6.92 Å². The molecule has 0 aliphatic rings. The number of thiocarbonyl (C=S) groups is 1. The summed E-state index contributed by atoms with van der Waals surface area (Å²) in [7, 11) is 1.59. The van der Waals surface area contributed by atoms with Crippen molar-refractivity contribution >= 4 is 46.6 Å². The molecule has 2 amide bonds. The smallest absolute Gasteiger partial charge is 0.291 e. The van der Waals surface area contributed by atoms with E-state index in [1.54, 1.807) is 37.5 Å². The lowest BCUT2D eigenvalue weighted by atomic mass is 10.2. The van der Waals surface area contributed by atoms with Crippen molar-refractivity contribution in [3.05, 3.63) is 83.8 Å². The summed E-state index contributed by atoms with van der Waals surface area (Å²) in [6.45, 7) is 1.88. The zero-order chi connectivity index (χ0) is 22.2. The molecule has 0 spiro atoms. The first-order valence-electron chi connectivity index (χ1n) is 9.34. The molecule has 1 aromatic heterocycles. The van der Waals surface area contributed by atoms with Crippen LogP contribution in [0.5, 0.6) is 5.75 Å². The van der Waals surface area contributed by atoms with Gasteiger partial charge in [-0.1, -0.05) is 18.2 Å². The Bertz CT molecular complexity index is 1110. The Labute approximate surface area is 185 Å². The SMILES string of the molecule is COc1ccc(/C=C/C(=O)NC(=S)Nc2cc(NC(=O)c3ccco3)ccc2C)cc1. The summed E-state index contributed by atoms with van der Waals surface area (Å²) in [6, 6.07) is 15.8. The number of benzene rings is 2. The molecule has 3 rings (SSSR count). The number of amides is 2. The van der Waals surface area contributed by atoms with Crippen LogP contribution in [-0.2, 0) is 4.79 Å². The molecule has 2 aromatic carbocycles. The van der Waals surface area contributed by atoms with E-state index >= 15 is 0 Å². The van der Waals surface area contributed by atoms with Gasteiger partial charge in [0.05, 0.1) is 13.4 Å². The van der Waals surface area contributed by atoms with Crippen LogP contribution in [0.4, 0.5) is 11.4 Å². The summed E-state index contributed by atoms with van der Waals surface area (Å²) in [5.41, 5.74) is 2.96. The average Bonchev–Trinajstić information content (AvgIpc) is 3.30. The van der Waals surface area contributed by atoms with Crippen LogP contribution in [0.15, 0.2) is 71.4 Å². The molecule has 31 heavy (non-hydrogen) atoms. The molecular formula is C23H21N3O4S. The molecule has 0 saturated heterocycles. The molecule has 0 bridgehead atoms. The van der Waals surface area contributed by atoms with Gasteiger partial charge >= 0.3 is 0 Å². The summed E-state index contributed by atoms with van der Waals surface area (Å²) in [6.07, 6.45) is 4.50. The number of carbonyl (C=O) groups is 2. The van der Waals surface area contributed by atoms with Crippen LogP contribution in [0.1, 0.15) is 21.7 Å². The molecule has 0 fully saturated rings. The number of aryl methyl sites for hydroxylation is 1. The highest BCUT2D eigenvalue weighted by Crippen LogP contribution is 2.21. The minimum absolute atomic E-state index is 0.141. The molecule has 3 N–H and O–H groups in total. The number of nitrogens with one attached hydrogen (secondary N) is 3. The first-order valence-corrected chi connectivity index (χ1v) is 9.75. The molecule has 0 radical (unpaired) electrons. The van der Waals surface area contributed by atoms with Crippen LogP contribution >= 0.6 is 12.2 Å². The van der Waals surface area contributed by atoms with Crippen LogP contribution < -0.4 is 20.7 Å². The van der Waals surface area contributed by atoms with Crippen molar-refractivity contribution in [2.75, 3.05) is 17.7 Å². The molecule has 0 aliphatic heterocycles. The maximum Gasteiger partial charge on any atom is 0.291 e. The zero-order valence-electron chi connectivity index (χ0n) is 17.0. The molecule has 0 saturated carbocycles. The Morgan fingerprint density at radius 2 is 1.84 bits per heavy atom. The Morgan fingerprint density at radius 1 is 1.06 bits per heavy atom. The number of hydrogen-bond acceptors (Lipinski definition) is 5. The number of anilines is 2. The van der Waals surface area contributed by atoms with Gasteiger partial charge in [0.15, 0.2) is 10.9 Å². The predicted molar refractivity (Wildman–Crippen MR) is 124 cm³/mol. The van der Waals surface area contributed by atoms with Crippen molar-refractivity contribution in [3.8, 4) is 5.75 Å². The first kappa shape index (κ1) is 21.8. The number of furan rings is 1. The van der Waals surface area contributed by atoms with Crippen molar-refractivity contribution in [1.82, 2.24) is 5.32 Å². The number of ether oxygens (including phenoxy) is 1. The normalized spacial score (nSPS) is 10.5.